The Kier molecular flexibility index (Phi) is 3.54. The van der Waals surface area contributed by atoms with Crippen LogP contribution in [0.5, 0.6) is 0 Å². The number of rotatable bonds is 2. The molecule has 2 aromatic rings. The molecule has 0 spiro atoms. The lowest BCUT2D eigenvalue weighted by Gasteiger charge is -2.35. The Balaban J connectivity index is 1.63. The second kappa shape index (κ2) is 5.87. The lowest BCUT2D eigenvalue weighted by atomic mass is 10.1. The topological polar surface area (TPSA) is 93.4 Å². The van der Waals surface area contributed by atoms with Gasteiger partial charge in [0.15, 0.2) is 11.5 Å². The highest BCUT2D eigenvalue weighted by Crippen LogP contribution is 2.29. The van der Waals surface area contributed by atoms with Crippen molar-refractivity contribution in [3.05, 3.63) is 48.4 Å². The number of aromatic nitrogens is 2. The van der Waals surface area contributed by atoms with Crippen LogP contribution in [0.3, 0.4) is 0 Å². The highest BCUT2D eigenvalue weighted by atomic mass is 16.2. The third kappa shape index (κ3) is 2.37. The lowest BCUT2D eigenvalue weighted by Crippen LogP contribution is -2.53. The fourth-order valence-electron chi connectivity index (χ4n) is 3.24. The van der Waals surface area contributed by atoms with Crippen molar-refractivity contribution in [3.8, 4) is 6.07 Å². The summed E-state index contributed by atoms with van der Waals surface area (Å²) in [6.07, 6.45) is 2.97. The third-order valence-electron chi connectivity index (χ3n) is 4.42. The zero-order valence-corrected chi connectivity index (χ0v) is 13.2. The molecule has 0 aliphatic carbocycles. The van der Waals surface area contributed by atoms with Gasteiger partial charge >= 0.3 is 6.03 Å². The first-order valence-corrected chi connectivity index (χ1v) is 7.86. The summed E-state index contributed by atoms with van der Waals surface area (Å²) in [5.74, 6) is 0.186. The number of amides is 3. The Morgan fingerprint density at radius 1 is 1.08 bits per heavy atom. The molecule has 8 nitrogen and oxygen atoms in total. The van der Waals surface area contributed by atoms with Crippen LogP contribution in [0, 0.1) is 11.3 Å². The number of urea groups is 1. The minimum absolute atomic E-state index is 0.215. The predicted octanol–water partition coefficient (Wildman–Crippen LogP) is 1.01. The maximum Gasteiger partial charge on any atom is 0.332 e. The van der Waals surface area contributed by atoms with Crippen LogP contribution in [-0.2, 0) is 4.79 Å². The molecular weight excluding hydrogens is 320 g/mol. The number of piperazine rings is 1. The molecule has 8 heteroatoms. The number of imide groups is 1. The molecule has 2 fully saturated rings. The molecule has 1 atom stereocenters. The van der Waals surface area contributed by atoms with Gasteiger partial charge in [0.05, 0.1) is 5.69 Å². The highest BCUT2D eigenvalue weighted by molar-refractivity contribution is 6.21. The summed E-state index contributed by atoms with van der Waals surface area (Å²) in [4.78, 5) is 38.3. The van der Waals surface area contributed by atoms with Crippen molar-refractivity contribution in [2.75, 3.05) is 29.4 Å². The molecule has 0 radical (unpaired) electrons. The van der Waals surface area contributed by atoms with E-state index in [2.05, 4.69) is 9.97 Å². The molecule has 25 heavy (non-hydrogen) atoms. The predicted molar refractivity (Wildman–Crippen MR) is 88.8 cm³/mol. The lowest BCUT2D eigenvalue weighted by molar-refractivity contribution is -0.119. The van der Waals surface area contributed by atoms with Crippen LogP contribution in [0.15, 0.2) is 42.7 Å². The maximum absolute atomic E-state index is 12.8. The molecule has 0 N–H and O–H groups in total. The van der Waals surface area contributed by atoms with Gasteiger partial charge in [-0.25, -0.2) is 19.7 Å². The van der Waals surface area contributed by atoms with E-state index in [1.165, 1.54) is 17.3 Å². The van der Waals surface area contributed by atoms with Gasteiger partial charge in [-0.3, -0.25) is 4.79 Å². The Bertz CT molecular complexity index is 878. The number of nitrogens with zero attached hydrogens (tertiary/aromatic N) is 6. The Labute approximate surface area is 143 Å². The maximum atomic E-state index is 12.8. The highest BCUT2D eigenvalue weighted by Gasteiger charge is 2.48. The number of hydrogen-bond acceptors (Lipinski definition) is 6. The Morgan fingerprint density at radius 3 is 2.60 bits per heavy atom. The summed E-state index contributed by atoms with van der Waals surface area (Å²) in [6.45, 7) is 1.17. The average molecular weight is 334 g/mol. The number of carbonyl (C=O) groups is 2. The van der Waals surface area contributed by atoms with E-state index in [-0.39, 0.29) is 17.6 Å². The summed E-state index contributed by atoms with van der Waals surface area (Å²) in [7, 11) is 0. The number of fused-ring (bicyclic) bond motifs is 1. The van der Waals surface area contributed by atoms with Crippen molar-refractivity contribution in [3.63, 3.8) is 0 Å². The second-order valence-corrected chi connectivity index (χ2v) is 5.79. The minimum atomic E-state index is -0.588. The summed E-state index contributed by atoms with van der Waals surface area (Å²) in [6, 6.07) is 10.0. The van der Waals surface area contributed by atoms with Crippen LogP contribution >= 0.6 is 0 Å². The first-order valence-electron chi connectivity index (χ1n) is 7.86. The number of hydrogen-bond donors (Lipinski definition) is 0. The number of para-hydroxylation sites is 1. The Morgan fingerprint density at radius 2 is 1.84 bits per heavy atom. The van der Waals surface area contributed by atoms with Crippen LogP contribution in [-0.4, -0.2) is 52.5 Å². The molecule has 3 amide bonds. The van der Waals surface area contributed by atoms with Gasteiger partial charge < -0.3 is 9.80 Å². The minimum Gasteiger partial charge on any atom is -0.350 e. The quantitative estimate of drug-likeness (QED) is 0.761. The third-order valence-corrected chi connectivity index (χ3v) is 4.42. The van der Waals surface area contributed by atoms with Crippen LogP contribution in [0.1, 0.15) is 5.69 Å². The van der Waals surface area contributed by atoms with Gasteiger partial charge in [-0.2, -0.15) is 5.26 Å². The van der Waals surface area contributed by atoms with Gasteiger partial charge in [-0.05, 0) is 12.1 Å². The van der Waals surface area contributed by atoms with Gasteiger partial charge in [-0.15, -0.1) is 0 Å². The van der Waals surface area contributed by atoms with E-state index in [0.29, 0.717) is 31.1 Å². The second-order valence-electron chi connectivity index (χ2n) is 5.79. The summed E-state index contributed by atoms with van der Waals surface area (Å²) >= 11 is 0. The number of carbonyl (C=O) groups excluding carboxylic acids is 2. The van der Waals surface area contributed by atoms with E-state index in [9.17, 15) is 14.9 Å². The van der Waals surface area contributed by atoms with Gasteiger partial charge in [0, 0.05) is 32.0 Å². The smallest absolute Gasteiger partial charge is 0.332 e. The van der Waals surface area contributed by atoms with Gasteiger partial charge in [-0.1, -0.05) is 18.2 Å². The first kappa shape index (κ1) is 15.1. The molecule has 3 heterocycles. The number of nitriles is 1. The van der Waals surface area contributed by atoms with E-state index in [1.54, 1.807) is 29.2 Å². The normalized spacial score (nSPS) is 19.8. The SMILES string of the molecule is N#Cc1nccnc1N1CCN2C(=O)N(c3ccccc3)C(=O)C2C1. The van der Waals surface area contributed by atoms with Crippen molar-refractivity contribution in [1.29, 1.82) is 5.26 Å². The first-order chi connectivity index (χ1) is 12.2. The Hall–Kier alpha value is -3.47. The van der Waals surface area contributed by atoms with Gasteiger partial charge in [0.1, 0.15) is 12.1 Å². The zero-order chi connectivity index (χ0) is 17.4. The van der Waals surface area contributed by atoms with Crippen LogP contribution in [0.4, 0.5) is 16.3 Å². The molecule has 4 rings (SSSR count). The summed E-state index contributed by atoms with van der Waals surface area (Å²) < 4.78 is 0. The van der Waals surface area contributed by atoms with Crippen LogP contribution in [0.25, 0.3) is 0 Å². The van der Waals surface area contributed by atoms with Crippen molar-refractivity contribution in [1.82, 2.24) is 14.9 Å². The molecule has 1 aromatic carbocycles. The molecule has 2 saturated heterocycles. The van der Waals surface area contributed by atoms with Gasteiger partial charge in [0.2, 0.25) is 0 Å². The van der Waals surface area contributed by atoms with Crippen LogP contribution < -0.4 is 9.80 Å². The summed E-state index contributed by atoms with van der Waals surface area (Å²) in [5, 5.41) is 9.20. The van der Waals surface area contributed by atoms with Crippen molar-refractivity contribution in [2.24, 2.45) is 0 Å². The molecule has 124 valence electrons. The average Bonchev–Trinajstić information content (AvgIpc) is 2.92. The standard InChI is InChI=1S/C17H14N6O2/c18-10-13-15(20-7-6-19-13)21-8-9-22-14(11-21)16(24)23(17(22)25)12-4-2-1-3-5-12/h1-7,14H,8-9,11H2. The fourth-order valence-corrected chi connectivity index (χ4v) is 3.24. The summed E-state index contributed by atoms with van der Waals surface area (Å²) in [5.41, 5.74) is 0.781. The van der Waals surface area contributed by atoms with E-state index in [4.69, 9.17) is 0 Å². The van der Waals surface area contributed by atoms with Crippen LogP contribution in [0.2, 0.25) is 0 Å². The van der Waals surface area contributed by atoms with Crippen molar-refractivity contribution >= 4 is 23.4 Å². The largest absolute Gasteiger partial charge is 0.350 e. The number of benzene rings is 1. The van der Waals surface area contributed by atoms with E-state index in [0.717, 1.165) is 0 Å². The zero-order valence-electron chi connectivity index (χ0n) is 13.2. The molecule has 1 unspecified atom stereocenters. The molecule has 2 aliphatic rings. The van der Waals surface area contributed by atoms with Crippen molar-refractivity contribution < 1.29 is 9.59 Å². The van der Waals surface area contributed by atoms with Crippen molar-refractivity contribution in [2.45, 2.75) is 6.04 Å². The molecule has 0 bridgehead atoms. The molecule has 1 aromatic heterocycles. The van der Waals surface area contributed by atoms with E-state index < -0.39 is 6.04 Å². The molecule has 0 saturated carbocycles. The molecule has 2 aliphatic heterocycles. The van der Waals surface area contributed by atoms with E-state index >= 15 is 0 Å². The van der Waals surface area contributed by atoms with E-state index in [1.807, 2.05) is 17.0 Å². The number of anilines is 2. The monoisotopic (exact) mass is 334 g/mol. The molecular formula is C17H14N6O2. The fraction of sp³-hybridized carbons (Fsp3) is 0.235. The van der Waals surface area contributed by atoms with Gasteiger partial charge in [0.25, 0.3) is 5.91 Å².